The standard InChI is InChI=1S/C17H23N3O3/c1-12-3-5-14(6-4-12)16-20-15(11-23-16)8-10-19-17(22)18-9-7-13(2)21/h3-6,11,13,21H,7-10H2,1-2H3,(H2,18,19,22). The molecule has 0 fully saturated rings. The van der Waals surface area contributed by atoms with Gasteiger partial charge < -0.3 is 20.2 Å². The van der Waals surface area contributed by atoms with Crippen LogP contribution < -0.4 is 10.6 Å². The van der Waals surface area contributed by atoms with Crippen LogP contribution in [0, 0.1) is 6.92 Å². The van der Waals surface area contributed by atoms with Crippen molar-refractivity contribution in [1.82, 2.24) is 15.6 Å². The van der Waals surface area contributed by atoms with Gasteiger partial charge in [0.25, 0.3) is 0 Å². The van der Waals surface area contributed by atoms with Crippen molar-refractivity contribution in [2.24, 2.45) is 0 Å². The summed E-state index contributed by atoms with van der Waals surface area (Å²) in [7, 11) is 0. The van der Waals surface area contributed by atoms with Crippen molar-refractivity contribution < 1.29 is 14.3 Å². The largest absolute Gasteiger partial charge is 0.444 e. The molecule has 0 spiro atoms. The second-order valence-corrected chi connectivity index (χ2v) is 5.58. The summed E-state index contributed by atoms with van der Waals surface area (Å²) in [6, 6.07) is 7.72. The highest BCUT2D eigenvalue weighted by Crippen LogP contribution is 2.19. The van der Waals surface area contributed by atoms with Gasteiger partial charge in [-0.1, -0.05) is 17.7 Å². The molecule has 0 saturated carbocycles. The molecule has 0 saturated heterocycles. The third kappa shape index (κ3) is 5.75. The lowest BCUT2D eigenvalue weighted by atomic mass is 10.1. The lowest BCUT2D eigenvalue weighted by Crippen LogP contribution is -2.37. The summed E-state index contributed by atoms with van der Waals surface area (Å²) in [4.78, 5) is 15.9. The predicted octanol–water partition coefficient (Wildman–Crippen LogP) is 2.26. The van der Waals surface area contributed by atoms with E-state index in [2.05, 4.69) is 15.6 Å². The number of rotatable bonds is 7. The van der Waals surface area contributed by atoms with Gasteiger partial charge in [0.2, 0.25) is 5.89 Å². The molecule has 1 unspecified atom stereocenters. The Morgan fingerprint density at radius 2 is 1.96 bits per heavy atom. The third-order valence-electron chi connectivity index (χ3n) is 3.36. The fourth-order valence-electron chi connectivity index (χ4n) is 2.01. The minimum atomic E-state index is -0.411. The zero-order valence-electron chi connectivity index (χ0n) is 13.5. The van der Waals surface area contributed by atoms with E-state index < -0.39 is 6.10 Å². The number of carbonyl (C=O) groups excluding carboxylic acids is 1. The van der Waals surface area contributed by atoms with Crippen LogP contribution in [0.5, 0.6) is 0 Å². The van der Waals surface area contributed by atoms with Crippen LogP contribution in [0.3, 0.4) is 0 Å². The van der Waals surface area contributed by atoms with E-state index in [1.807, 2.05) is 31.2 Å². The first kappa shape index (κ1) is 17.0. The fourth-order valence-corrected chi connectivity index (χ4v) is 2.01. The molecule has 2 rings (SSSR count). The number of aliphatic hydroxyl groups is 1. The number of aliphatic hydroxyl groups excluding tert-OH is 1. The molecule has 23 heavy (non-hydrogen) atoms. The van der Waals surface area contributed by atoms with Gasteiger partial charge in [-0.15, -0.1) is 0 Å². The number of urea groups is 1. The lowest BCUT2D eigenvalue weighted by Gasteiger charge is -2.07. The number of nitrogens with one attached hydrogen (secondary N) is 2. The van der Waals surface area contributed by atoms with Crippen LogP contribution >= 0.6 is 0 Å². The first-order chi connectivity index (χ1) is 11.0. The van der Waals surface area contributed by atoms with Crippen LogP contribution in [0.4, 0.5) is 4.79 Å². The van der Waals surface area contributed by atoms with Gasteiger partial charge in [0.05, 0.1) is 11.8 Å². The number of oxazole rings is 1. The minimum Gasteiger partial charge on any atom is -0.444 e. The van der Waals surface area contributed by atoms with Crippen LogP contribution in [0.1, 0.15) is 24.6 Å². The molecular weight excluding hydrogens is 294 g/mol. The summed E-state index contributed by atoms with van der Waals surface area (Å²) in [5, 5.41) is 14.5. The maximum Gasteiger partial charge on any atom is 0.314 e. The highest BCUT2D eigenvalue weighted by molar-refractivity contribution is 5.73. The van der Waals surface area contributed by atoms with Crippen molar-refractivity contribution in [3.8, 4) is 11.5 Å². The van der Waals surface area contributed by atoms with Gasteiger partial charge in [-0.25, -0.2) is 9.78 Å². The van der Waals surface area contributed by atoms with Gasteiger partial charge in [0.15, 0.2) is 0 Å². The monoisotopic (exact) mass is 317 g/mol. The van der Waals surface area contributed by atoms with E-state index in [4.69, 9.17) is 9.52 Å². The molecule has 3 N–H and O–H groups in total. The van der Waals surface area contributed by atoms with Crippen molar-refractivity contribution >= 4 is 6.03 Å². The van der Waals surface area contributed by atoms with Crippen LogP contribution in [0.25, 0.3) is 11.5 Å². The summed E-state index contributed by atoms with van der Waals surface area (Å²) in [5.41, 5.74) is 2.92. The zero-order valence-corrected chi connectivity index (χ0v) is 13.5. The molecule has 0 aliphatic carbocycles. The number of hydrogen-bond acceptors (Lipinski definition) is 4. The SMILES string of the molecule is Cc1ccc(-c2nc(CCNC(=O)NCCC(C)O)co2)cc1. The molecule has 1 aromatic heterocycles. The second-order valence-electron chi connectivity index (χ2n) is 5.58. The Balaban J connectivity index is 1.74. The number of nitrogens with zero attached hydrogens (tertiary/aromatic N) is 1. The van der Waals surface area contributed by atoms with E-state index in [9.17, 15) is 4.79 Å². The van der Waals surface area contributed by atoms with Crippen molar-refractivity contribution in [3.05, 3.63) is 41.8 Å². The van der Waals surface area contributed by atoms with Gasteiger partial charge in [-0.2, -0.15) is 0 Å². The molecule has 0 aliphatic heterocycles. The zero-order chi connectivity index (χ0) is 16.7. The molecule has 0 aliphatic rings. The summed E-state index contributed by atoms with van der Waals surface area (Å²) in [6.45, 7) is 4.64. The normalized spacial score (nSPS) is 12.0. The summed E-state index contributed by atoms with van der Waals surface area (Å²) < 4.78 is 5.47. The number of aromatic nitrogens is 1. The second kappa shape index (κ2) is 8.33. The quantitative estimate of drug-likeness (QED) is 0.731. The molecular formula is C17H23N3O3. The number of amides is 2. The van der Waals surface area contributed by atoms with E-state index in [0.29, 0.717) is 31.8 Å². The topological polar surface area (TPSA) is 87.4 Å². The average molecular weight is 317 g/mol. The van der Waals surface area contributed by atoms with E-state index in [1.54, 1.807) is 13.2 Å². The first-order valence-electron chi connectivity index (χ1n) is 7.76. The Morgan fingerprint density at radius 1 is 1.26 bits per heavy atom. The van der Waals surface area contributed by atoms with Crippen LogP contribution in [0.2, 0.25) is 0 Å². The van der Waals surface area contributed by atoms with E-state index >= 15 is 0 Å². The molecule has 6 nitrogen and oxygen atoms in total. The third-order valence-corrected chi connectivity index (χ3v) is 3.36. The number of aryl methyl sites for hydroxylation is 1. The van der Waals surface area contributed by atoms with Gasteiger partial charge in [-0.05, 0) is 32.4 Å². The minimum absolute atomic E-state index is 0.243. The highest BCUT2D eigenvalue weighted by Gasteiger charge is 2.07. The lowest BCUT2D eigenvalue weighted by molar-refractivity contribution is 0.183. The van der Waals surface area contributed by atoms with Crippen LogP contribution in [0.15, 0.2) is 34.9 Å². The first-order valence-corrected chi connectivity index (χ1v) is 7.76. The highest BCUT2D eigenvalue weighted by atomic mass is 16.3. The van der Waals surface area contributed by atoms with Crippen molar-refractivity contribution in [2.45, 2.75) is 32.8 Å². The molecule has 1 heterocycles. The number of carbonyl (C=O) groups is 1. The Hall–Kier alpha value is -2.34. The maximum atomic E-state index is 11.5. The molecule has 0 radical (unpaired) electrons. The average Bonchev–Trinajstić information content (AvgIpc) is 2.96. The van der Waals surface area contributed by atoms with Gasteiger partial charge in [-0.3, -0.25) is 0 Å². The molecule has 124 valence electrons. The maximum absolute atomic E-state index is 11.5. The molecule has 2 amide bonds. The molecule has 2 aromatic rings. The Labute approximate surface area is 135 Å². The van der Waals surface area contributed by atoms with E-state index in [1.165, 1.54) is 5.56 Å². The summed E-state index contributed by atoms with van der Waals surface area (Å²) in [6.07, 6.45) is 2.34. The van der Waals surface area contributed by atoms with Gasteiger partial charge in [0.1, 0.15) is 6.26 Å². The molecule has 1 aromatic carbocycles. The number of hydrogen-bond donors (Lipinski definition) is 3. The predicted molar refractivity (Wildman–Crippen MR) is 88.1 cm³/mol. The van der Waals surface area contributed by atoms with Crippen molar-refractivity contribution in [2.75, 3.05) is 13.1 Å². The van der Waals surface area contributed by atoms with Crippen molar-refractivity contribution in [3.63, 3.8) is 0 Å². The van der Waals surface area contributed by atoms with E-state index in [-0.39, 0.29) is 6.03 Å². The Kier molecular flexibility index (Phi) is 6.17. The Morgan fingerprint density at radius 3 is 2.65 bits per heavy atom. The summed E-state index contributed by atoms with van der Waals surface area (Å²) in [5.74, 6) is 0.585. The van der Waals surface area contributed by atoms with Crippen molar-refractivity contribution in [1.29, 1.82) is 0 Å². The molecule has 0 bridgehead atoms. The Bertz CT molecular complexity index is 620. The molecule has 1 atom stereocenters. The smallest absolute Gasteiger partial charge is 0.314 e. The fraction of sp³-hybridized carbons (Fsp3) is 0.412. The van der Waals surface area contributed by atoms with E-state index in [0.717, 1.165) is 11.3 Å². The van der Waals surface area contributed by atoms with Crippen LogP contribution in [-0.2, 0) is 6.42 Å². The van der Waals surface area contributed by atoms with Gasteiger partial charge in [0, 0.05) is 25.1 Å². The van der Waals surface area contributed by atoms with Crippen LogP contribution in [-0.4, -0.2) is 35.3 Å². The number of benzene rings is 1. The summed E-state index contributed by atoms with van der Waals surface area (Å²) >= 11 is 0. The van der Waals surface area contributed by atoms with Gasteiger partial charge >= 0.3 is 6.03 Å². The molecule has 6 heteroatoms.